The first kappa shape index (κ1) is 23.3. The highest BCUT2D eigenvalue weighted by Gasteiger charge is 2.30. The predicted molar refractivity (Wildman–Crippen MR) is 117 cm³/mol. The molecule has 1 N–H and O–H groups in total. The van der Waals surface area contributed by atoms with Crippen LogP contribution in [0, 0.1) is 13.8 Å². The summed E-state index contributed by atoms with van der Waals surface area (Å²) >= 11 is 0. The summed E-state index contributed by atoms with van der Waals surface area (Å²) in [6.45, 7) is 3.05. The zero-order chi connectivity index (χ0) is 23.5. The number of carbonyl (C=O) groups is 1. The standard InChI is InChI=1S/C23H21F3N2O3S/c1-16-8-13-21(17(2)14-16)28(32(30,31)20-6-4-3-5-7-20)15-22(29)27-19-11-9-18(10-12-19)23(24,25)26/h3-14H,15H2,1-2H3,(H,27,29). The van der Waals surface area contributed by atoms with Crippen LogP contribution in [0.4, 0.5) is 24.5 Å². The molecule has 0 saturated carbocycles. The van der Waals surface area contributed by atoms with Crippen molar-refractivity contribution in [2.45, 2.75) is 24.9 Å². The fourth-order valence-electron chi connectivity index (χ4n) is 3.18. The Morgan fingerprint density at radius 2 is 1.56 bits per heavy atom. The Hall–Kier alpha value is -3.33. The molecule has 5 nitrogen and oxygen atoms in total. The van der Waals surface area contributed by atoms with Gasteiger partial charge < -0.3 is 5.32 Å². The molecule has 0 aliphatic heterocycles. The minimum absolute atomic E-state index is 0.0160. The van der Waals surface area contributed by atoms with Crippen molar-refractivity contribution in [3.8, 4) is 0 Å². The SMILES string of the molecule is Cc1ccc(N(CC(=O)Nc2ccc(C(F)(F)F)cc2)S(=O)(=O)c2ccccc2)c(C)c1. The van der Waals surface area contributed by atoms with Crippen LogP contribution < -0.4 is 9.62 Å². The number of halogens is 3. The molecule has 9 heteroatoms. The highest BCUT2D eigenvalue weighted by atomic mass is 32.2. The lowest BCUT2D eigenvalue weighted by Crippen LogP contribution is -2.38. The molecule has 168 valence electrons. The van der Waals surface area contributed by atoms with Crippen LogP contribution >= 0.6 is 0 Å². The number of amides is 1. The van der Waals surface area contributed by atoms with E-state index in [-0.39, 0.29) is 10.6 Å². The Bertz CT molecular complexity index is 1210. The van der Waals surface area contributed by atoms with Gasteiger partial charge in [0.2, 0.25) is 5.91 Å². The second kappa shape index (κ2) is 9.04. The van der Waals surface area contributed by atoms with E-state index in [4.69, 9.17) is 0 Å². The number of aryl methyl sites for hydroxylation is 2. The van der Waals surface area contributed by atoms with Crippen LogP contribution in [0.25, 0.3) is 0 Å². The quantitative estimate of drug-likeness (QED) is 0.551. The first-order valence-electron chi connectivity index (χ1n) is 9.60. The molecule has 1 amide bonds. The number of alkyl halides is 3. The number of nitrogens with one attached hydrogen (secondary N) is 1. The van der Waals surface area contributed by atoms with Gasteiger partial charge in [-0.15, -0.1) is 0 Å². The summed E-state index contributed by atoms with van der Waals surface area (Å²) in [5.41, 5.74) is 1.20. The van der Waals surface area contributed by atoms with Gasteiger partial charge in [-0.1, -0.05) is 35.9 Å². The van der Waals surface area contributed by atoms with Crippen LogP contribution in [0.15, 0.2) is 77.7 Å². The van der Waals surface area contributed by atoms with E-state index in [1.807, 2.05) is 6.92 Å². The number of nitrogens with zero attached hydrogens (tertiary/aromatic N) is 1. The fourth-order valence-corrected chi connectivity index (χ4v) is 4.68. The van der Waals surface area contributed by atoms with Crippen LogP contribution in [0.5, 0.6) is 0 Å². The van der Waals surface area contributed by atoms with Gasteiger partial charge in [0.05, 0.1) is 16.1 Å². The van der Waals surface area contributed by atoms with Crippen LogP contribution in [0.1, 0.15) is 16.7 Å². The fraction of sp³-hybridized carbons (Fsp3) is 0.174. The molecule has 0 spiro atoms. The van der Waals surface area contributed by atoms with Crippen molar-refractivity contribution in [2.24, 2.45) is 0 Å². The normalized spacial score (nSPS) is 11.8. The monoisotopic (exact) mass is 462 g/mol. The number of anilines is 2. The van der Waals surface area contributed by atoms with Gasteiger partial charge in [0.25, 0.3) is 10.0 Å². The van der Waals surface area contributed by atoms with Gasteiger partial charge in [-0.25, -0.2) is 8.42 Å². The Kier molecular flexibility index (Phi) is 6.59. The Morgan fingerprint density at radius 3 is 2.12 bits per heavy atom. The summed E-state index contributed by atoms with van der Waals surface area (Å²) in [4.78, 5) is 12.7. The lowest BCUT2D eigenvalue weighted by atomic mass is 10.1. The zero-order valence-corrected chi connectivity index (χ0v) is 18.2. The number of hydrogen-bond acceptors (Lipinski definition) is 3. The Balaban J connectivity index is 1.91. The number of hydrogen-bond donors (Lipinski definition) is 1. The predicted octanol–water partition coefficient (Wildman–Crippen LogP) is 5.16. The van der Waals surface area contributed by atoms with Gasteiger partial charge in [0.1, 0.15) is 6.54 Å². The van der Waals surface area contributed by atoms with Crippen molar-refractivity contribution in [3.05, 3.63) is 89.5 Å². The molecule has 0 fully saturated rings. The third-order valence-electron chi connectivity index (χ3n) is 4.74. The molecule has 0 atom stereocenters. The number of carbonyl (C=O) groups excluding carboxylic acids is 1. The maximum absolute atomic E-state index is 13.3. The molecule has 0 aliphatic carbocycles. The Labute approximate surface area is 184 Å². The van der Waals surface area contributed by atoms with E-state index in [2.05, 4.69) is 5.32 Å². The van der Waals surface area contributed by atoms with Crippen LogP contribution in [0.3, 0.4) is 0 Å². The van der Waals surface area contributed by atoms with Gasteiger partial charge in [0, 0.05) is 5.69 Å². The summed E-state index contributed by atoms with van der Waals surface area (Å²) in [6, 6.07) is 16.8. The largest absolute Gasteiger partial charge is 0.416 e. The Morgan fingerprint density at radius 1 is 0.938 bits per heavy atom. The van der Waals surface area contributed by atoms with E-state index in [1.54, 1.807) is 43.3 Å². The minimum Gasteiger partial charge on any atom is -0.325 e. The molecule has 0 radical (unpaired) electrons. The second-order valence-corrected chi connectivity index (χ2v) is 9.10. The third kappa shape index (κ3) is 5.28. The number of rotatable bonds is 6. The average molecular weight is 462 g/mol. The molecule has 3 aromatic rings. The van der Waals surface area contributed by atoms with Gasteiger partial charge in [-0.05, 0) is 61.9 Å². The van der Waals surface area contributed by atoms with Crippen molar-refractivity contribution >= 4 is 27.3 Å². The van der Waals surface area contributed by atoms with E-state index in [1.165, 1.54) is 12.1 Å². The molecule has 32 heavy (non-hydrogen) atoms. The van der Waals surface area contributed by atoms with Gasteiger partial charge >= 0.3 is 6.18 Å². The van der Waals surface area contributed by atoms with Gasteiger partial charge in [-0.3, -0.25) is 9.10 Å². The second-order valence-electron chi connectivity index (χ2n) is 7.24. The average Bonchev–Trinajstić information content (AvgIpc) is 2.73. The first-order valence-corrected chi connectivity index (χ1v) is 11.0. The van der Waals surface area contributed by atoms with Crippen molar-refractivity contribution < 1.29 is 26.4 Å². The minimum atomic E-state index is -4.49. The van der Waals surface area contributed by atoms with E-state index in [9.17, 15) is 26.4 Å². The van der Waals surface area contributed by atoms with E-state index in [0.717, 1.165) is 34.1 Å². The number of benzene rings is 3. The third-order valence-corrected chi connectivity index (χ3v) is 6.51. The first-order chi connectivity index (χ1) is 15.0. The zero-order valence-electron chi connectivity index (χ0n) is 17.3. The lowest BCUT2D eigenvalue weighted by Gasteiger charge is -2.26. The lowest BCUT2D eigenvalue weighted by molar-refractivity contribution is -0.137. The summed E-state index contributed by atoms with van der Waals surface area (Å²) in [5, 5.41) is 2.46. The van der Waals surface area contributed by atoms with E-state index in [0.29, 0.717) is 11.3 Å². The molecule has 0 saturated heterocycles. The van der Waals surface area contributed by atoms with Crippen molar-refractivity contribution in [1.82, 2.24) is 0 Å². The summed E-state index contributed by atoms with van der Waals surface area (Å²) in [7, 11) is -4.08. The molecule has 3 rings (SSSR count). The van der Waals surface area contributed by atoms with E-state index < -0.39 is 34.2 Å². The summed E-state index contributed by atoms with van der Waals surface area (Å²) < 4.78 is 65.9. The summed E-state index contributed by atoms with van der Waals surface area (Å²) in [6.07, 6.45) is -4.49. The molecule has 0 aliphatic rings. The maximum Gasteiger partial charge on any atom is 0.416 e. The molecular weight excluding hydrogens is 441 g/mol. The molecule has 0 unspecified atom stereocenters. The van der Waals surface area contributed by atoms with Crippen LogP contribution in [0.2, 0.25) is 0 Å². The molecule has 0 aromatic heterocycles. The highest BCUT2D eigenvalue weighted by Crippen LogP contribution is 2.30. The topological polar surface area (TPSA) is 66.5 Å². The molecule has 3 aromatic carbocycles. The van der Waals surface area contributed by atoms with Gasteiger partial charge in [0.15, 0.2) is 0 Å². The highest BCUT2D eigenvalue weighted by molar-refractivity contribution is 7.92. The van der Waals surface area contributed by atoms with E-state index >= 15 is 0 Å². The molecule has 0 bridgehead atoms. The van der Waals surface area contributed by atoms with Crippen molar-refractivity contribution in [1.29, 1.82) is 0 Å². The summed E-state index contributed by atoms with van der Waals surface area (Å²) in [5.74, 6) is -0.691. The van der Waals surface area contributed by atoms with Crippen LogP contribution in [-0.4, -0.2) is 20.9 Å². The smallest absolute Gasteiger partial charge is 0.325 e. The number of sulfonamides is 1. The van der Waals surface area contributed by atoms with Crippen molar-refractivity contribution in [3.63, 3.8) is 0 Å². The maximum atomic E-state index is 13.3. The molecular formula is C23H21F3N2O3S. The molecule has 0 heterocycles. The van der Waals surface area contributed by atoms with Crippen molar-refractivity contribution in [2.75, 3.05) is 16.2 Å². The van der Waals surface area contributed by atoms with Gasteiger partial charge in [-0.2, -0.15) is 13.2 Å². The van der Waals surface area contributed by atoms with Crippen LogP contribution in [-0.2, 0) is 21.0 Å².